The van der Waals surface area contributed by atoms with E-state index < -0.39 is 11.4 Å². The van der Waals surface area contributed by atoms with Crippen molar-refractivity contribution in [3.05, 3.63) is 17.6 Å². The van der Waals surface area contributed by atoms with Gasteiger partial charge >= 0.3 is 5.97 Å². The third-order valence-electron chi connectivity index (χ3n) is 4.27. The molecule has 0 aliphatic carbocycles. The Morgan fingerprint density at radius 3 is 2.80 bits per heavy atom. The van der Waals surface area contributed by atoms with Crippen molar-refractivity contribution in [1.82, 2.24) is 9.97 Å². The predicted molar refractivity (Wildman–Crippen MR) is 78.0 cm³/mol. The minimum atomic E-state index is -0.689. The number of carbonyl (C=O) groups is 1. The Hall–Kier alpha value is -1.65. The van der Waals surface area contributed by atoms with Gasteiger partial charge in [0.15, 0.2) is 0 Å². The molecule has 5 nitrogen and oxygen atoms in total. The number of carboxylic acid groups (broad SMARTS) is 1. The van der Waals surface area contributed by atoms with Crippen molar-refractivity contribution in [2.45, 2.75) is 46.5 Å². The summed E-state index contributed by atoms with van der Waals surface area (Å²) < 4.78 is 0. The van der Waals surface area contributed by atoms with E-state index in [-0.39, 0.29) is 0 Å². The number of aryl methyl sites for hydroxylation is 2. The van der Waals surface area contributed by atoms with E-state index in [0.29, 0.717) is 13.0 Å². The highest BCUT2D eigenvalue weighted by molar-refractivity contribution is 5.76. The second-order valence-corrected chi connectivity index (χ2v) is 5.58. The molecular weight excluding hydrogens is 254 g/mol. The van der Waals surface area contributed by atoms with Crippen LogP contribution in [0.5, 0.6) is 0 Å². The Kier molecular flexibility index (Phi) is 4.26. The first-order valence-electron chi connectivity index (χ1n) is 7.33. The van der Waals surface area contributed by atoms with Gasteiger partial charge < -0.3 is 10.0 Å². The highest BCUT2D eigenvalue weighted by Crippen LogP contribution is 2.35. The van der Waals surface area contributed by atoms with Gasteiger partial charge in [0.05, 0.1) is 5.41 Å². The average Bonchev–Trinajstić information content (AvgIpc) is 2.46. The summed E-state index contributed by atoms with van der Waals surface area (Å²) >= 11 is 0. The molecule has 2 rings (SSSR count). The van der Waals surface area contributed by atoms with Gasteiger partial charge in [0.2, 0.25) is 0 Å². The van der Waals surface area contributed by atoms with Gasteiger partial charge in [-0.1, -0.05) is 13.8 Å². The summed E-state index contributed by atoms with van der Waals surface area (Å²) in [7, 11) is 0. The van der Waals surface area contributed by atoms with E-state index in [9.17, 15) is 9.90 Å². The molecule has 0 spiro atoms. The number of hydrogen-bond acceptors (Lipinski definition) is 4. The lowest BCUT2D eigenvalue weighted by atomic mass is 9.77. The highest BCUT2D eigenvalue weighted by Gasteiger charge is 2.41. The summed E-state index contributed by atoms with van der Waals surface area (Å²) in [6.07, 6.45) is 3.16. The second kappa shape index (κ2) is 5.77. The van der Waals surface area contributed by atoms with Crippen molar-refractivity contribution in [2.75, 3.05) is 18.0 Å². The molecule has 0 saturated carbocycles. The molecule has 0 bridgehead atoms. The summed E-state index contributed by atoms with van der Waals surface area (Å²) in [5, 5.41) is 9.55. The van der Waals surface area contributed by atoms with Gasteiger partial charge in [-0.3, -0.25) is 4.79 Å². The molecule has 1 aromatic rings. The fourth-order valence-corrected chi connectivity index (χ4v) is 2.90. The quantitative estimate of drug-likeness (QED) is 0.915. The maximum Gasteiger partial charge on any atom is 0.311 e. The summed E-state index contributed by atoms with van der Waals surface area (Å²) in [6.45, 7) is 7.32. The van der Waals surface area contributed by atoms with Crippen LogP contribution in [0, 0.1) is 12.3 Å². The normalized spacial score (nSPS) is 22.9. The summed E-state index contributed by atoms with van der Waals surface area (Å²) in [6, 6.07) is 1.99. The average molecular weight is 277 g/mol. The number of nitrogens with zero attached hydrogens (tertiary/aromatic N) is 3. The van der Waals surface area contributed by atoms with E-state index in [4.69, 9.17) is 0 Å². The molecule has 1 saturated heterocycles. The highest BCUT2D eigenvalue weighted by atomic mass is 16.4. The van der Waals surface area contributed by atoms with Gasteiger partial charge in [-0.25, -0.2) is 9.97 Å². The zero-order valence-corrected chi connectivity index (χ0v) is 12.5. The third kappa shape index (κ3) is 2.76. The zero-order valence-electron chi connectivity index (χ0n) is 12.5. The molecule has 1 unspecified atom stereocenters. The standard InChI is InChI=1S/C15H23N3O2/c1-4-12-9-13(17-11(3)16-12)18-8-6-7-15(5-2,10-18)14(19)20/h9H,4-8,10H2,1-3H3,(H,19,20). The van der Waals surface area contributed by atoms with Gasteiger partial charge in [0, 0.05) is 24.8 Å². The van der Waals surface area contributed by atoms with Gasteiger partial charge in [-0.2, -0.15) is 0 Å². The van der Waals surface area contributed by atoms with Crippen LogP contribution < -0.4 is 4.90 Å². The third-order valence-corrected chi connectivity index (χ3v) is 4.27. The van der Waals surface area contributed by atoms with Gasteiger partial charge in [-0.15, -0.1) is 0 Å². The molecule has 0 radical (unpaired) electrons. The summed E-state index contributed by atoms with van der Waals surface area (Å²) in [5.74, 6) is 0.932. The van der Waals surface area contributed by atoms with Crippen LogP contribution in [0.3, 0.4) is 0 Å². The van der Waals surface area contributed by atoms with Crippen LogP contribution in [0.25, 0.3) is 0 Å². The Morgan fingerprint density at radius 1 is 1.45 bits per heavy atom. The molecule has 2 heterocycles. The molecule has 1 atom stereocenters. The molecule has 1 aromatic heterocycles. The summed E-state index contributed by atoms with van der Waals surface area (Å²) in [4.78, 5) is 22.6. The van der Waals surface area contributed by atoms with Crippen LogP contribution in [-0.4, -0.2) is 34.1 Å². The number of aromatic nitrogens is 2. The van der Waals surface area contributed by atoms with E-state index in [1.165, 1.54) is 0 Å². The Labute approximate surface area is 120 Å². The van der Waals surface area contributed by atoms with Crippen LogP contribution in [0.1, 0.15) is 44.6 Å². The molecule has 1 N–H and O–H groups in total. The van der Waals surface area contributed by atoms with E-state index in [1.54, 1.807) is 0 Å². The number of piperidine rings is 1. The van der Waals surface area contributed by atoms with Crippen molar-refractivity contribution in [2.24, 2.45) is 5.41 Å². The number of anilines is 1. The lowest BCUT2D eigenvalue weighted by Crippen LogP contribution is -2.48. The van der Waals surface area contributed by atoms with Crippen LogP contribution >= 0.6 is 0 Å². The number of aliphatic carboxylic acids is 1. The zero-order chi connectivity index (χ0) is 14.8. The van der Waals surface area contributed by atoms with E-state index in [2.05, 4.69) is 21.8 Å². The van der Waals surface area contributed by atoms with Crippen molar-refractivity contribution in [3.8, 4) is 0 Å². The van der Waals surface area contributed by atoms with Gasteiger partial charge in [-0.05, 0) is 32.6 Å². The SMILES string of the molecule is CCc1cc(N2CCCC(CC)(C(=O)O)C2)nc(C)n1. The molecule has 0 aromatic carbocycles. The number of hydrogen-bond donors (Lipinski definition) is 1. The van der Waals surface area contributed by atoms with Crippen LogP contribution in [0.2, 0.25) is 0 Å². The maximum atomic E-state index is 11.6. The monoisotopic (exact) mass is 277 g/mol. The van der Waals surface area contributed by atoms with E-state index in [0.717, 1.165) is 43.1 Å². The second-order valence-electron chi connectivity index (χ2n) is 5.58. The topological polar surface area (TPSA) is 66.3 Å². The van der Waals surface area contributed by atoms with Crippen LogP contribution in [-0.2, 0) is 11.2 Å². The Balaban J connectivity index is 2.29. The fraction of sp³-hybridized carbons (Fsp3) is 0.667. The number of rotatable bonds is 4. The molecule has 1 aliphatic rings. The van der Waals surface area contributed by atoms with Crippen molar-refractivity contribution in [1.29, 1.82) is 0 Å². The molecule has 110 valence electrons. The Morgan fingerprint density at radius 2 is 2.20 bits per heavy atom. The van der Waals surface area contributed by atoms with E-state index in [1.807, 2.05) is 19.9 Å². The smallest absolute Gasteiger partial charge is 0.311 e. The lowest BCUT2D eigenvalue weighted by Gasteiger charge is -2.40. The molecular formula is C15H23N3O2. The van der Waals surface area contributed by atoms with Crippen molar-refractivity contribution in [3.63, 3.8) is 0 Å². The maximum absolute atomic E-state index is 11.6. The fourth-order valence-electron chi connectivity index (χ4n) is 2.90. The first kappa shape index (κ1) is 14.8. The molecule has 5 heteroatoms. The van der Waals surface area contributed by atoms with Gasteiger partial charge in [0.1, 0.15) is 11.6 Å². The minimum Gasteiger partial charge on any atom is -0.481 e. The van der Waals surface area contributed by atoms with Crippen molar-refractivity contribution < 1.29 is 9.90 Å². The molecule has 20 heavy (non-hydrogen) atoms. The van der Waals surface area contributed by atoms with Crippen LogP contribution in [0.4, 0.5) is 5.82 Å². The molecule has 0 amide bonds. The molecule has 1 aliphatic heterocycles. The predicted octanol–water partition coefficient (Wildman–Crippen LogP) is 2.43. The number of carboxylic acids is 1. The Bertz CT molecular complexity index is 504. The van der Waals surface area contributed by atoms with Crippen LogP contribution in [0.15, 0.2) is 6.07 Å². The lowest BCUT2D eigenvalue weighted by molar-refractivity contribution is -0.149. The van der Waals surface area contributed by atoms with Gasteiger partial charge in [0.25, 0.3) is 0 Å². The first-order valence-corrected chi connectivity index (χ1v) is 7.33. The molecule has 1 fully saturated rings. The largest absolute Gasteiger partial charge is 0.481 e. The van der Waals surface area contributed by atoms with Crippen molar-refractivity contribution >= 4 is 11.8 Å². The first-order chi connectivity index (χ1) is 9.50. The minimum absolute atomic E-state index is 0.540. The summed E-state index contributed by atoms with van der Waals surface area (Å²) in [5.41, 5.74) is 0.374. The van der Waals surface area contributed by atoms with E-state index >= 15 is 0 Å².